The fraction of sp³-hybridized carbons (Fsp3) is 0.278. The number of rotatable bonds is 3. The van der Waals surface area contributed by atoms with Gasteiger partial charge in [0.05, 0.1) is 25.4 Å². The number of benzene rings is 2. The van der Waals surface area contributed by atoms with Gasteiger partial charge >= 0.3 is 5.97 Å². The second-order valence-electron chi connectivity index (χ2n) is 5.63. The van der Waals surface area contributed by atoms with Crippen molar-refractivity contribution < 1.29 is 24.5 Å². The lowest BCUT2D eigenvalue weighted by atomic mass is 9.88. The smallest absolute Gasteiger partial charge is 0.337 e. The maximum absolute atomic E-state index is 11.6. The van der Waals surface area contributed by atoms with E-state index in [9.17, 15) is 15.0 Å². The highest BCUT2D eigenvalue weighted by atomic mass is 16.5. The van der Waals surface area contributed by atoms with Crippen LogP contribution in [0.15, 0.2) is 42.5 Å². The van der Waals surface area contributed by atoms with Gasteiger partial charge in [-0.2, -0.15) is 0 Å². The van der Waals surface area contributed by atoms with Crippen LogP contribution in [0, 0.1) is 5.92 Å². The number of hydrogen-bond donors (Lipinski definition) is 2. The van der Waals surface area contributed by atoms with E-state index in [2.05, 4.69) is 0 Å². The zero-order valence-electron chi connectivity index (χ0n) is 12.7. The summed E-state index contributed by atoms with van der Waals surface area (Å²) in [7, 11) is 1.34. The van der Waals surface area contributed by atoms with Crippen LogP contribution in [0.25, 0.3) is 0 Å². The Morgan fingerprint density at radius 3 is 2.91 bits per heavy atom. The van der Waals surface area contributed by atoms with Gasteiger partial charge in [-0.1, -0.05) is 12.1 Å². The largest absolute Gasteiger partial charge is 0.508 e. The number of ether oxygens (including phenoxy) is 2. The highest BCUT2D eigenvalue weighted by Crippen LogP contribution is 2.38. The van der Waals surface area contributed by atoms with E-state index in [1.165, 1.54) is 19.2 Å². The summed E-state index contributed by atoms with van der Waals surface area (Å²) in [5.74, 6) is 0.148. The normalized spacial score (nSPS) is 19.6. The van der Waals surface area contributed by atoms with E-state index >= 15 is 0 Å². The van der Waals surface area contributed by atoms with Crippen molar-refractivity contribution in [2.75, 3.05) is 13.7 Å². The van der Waals surface area contributed by atoms with Crippen LogP contribution in [0.4, 0.5) is 0 Å². The Balaban J connectivity index is 1.80. The molecule has 120 valence electrons. The predicted octanol–water partition coefficient (Wildman–Crippen LogP) is 2.46. The summed E-state index contributed by atoms with van der Waals surface area (Å²) in [6.45, 7) is 0.376. The molecule has 23 heavy (non-hydrogen) atoms. The van der Waals surface area contributed by atoms with E-state index in [0.717, 1.165) is 5.56 Å². The van der Waals surface area contributed by atoms with Crippen molar-refractivity contribution in [3.8, 4) is 11.5 Å². The van der Waals surface area contributed by atoms with Gasteiger partial charge in [0.25, 0.3) is 0 Å². The number of methoxy groups -OCH3 is 1. The molecule has 0 saturated heterocycles. The van der Waals surface area contributed by atoms with E-state index in [-0.39, 0.29) is 17.6 Å². The SMILES string of the molecule is COC(=O)c1cccc(C[C@@H]2COc3ccc(O)cc3[C@H]2O)c1. The molecule has 1 heterocycles. The molecule has 1 aliphatic heterocycles. The van der Waals surface area contributed by atoms with Crippen LogP contribution in [0.3, 0.4) is 0 Å². The number of aromatic hydroxyl groups is 1. The number of esters is 1. The molecule has 0 spiro atoms. The van der Waals surface area contributed by atoms with Crippen LogP contribution in [0.2, 0.25) is 0 Å². The number of fused-ring (bicyclic) bond motifs is 1. The molecular weight excluding hydrogens is 296 g/mol. The lowest BCUT2D eigenvalue weighted by molar-refractivity contribution is 0.0505. The van der Waals surface area contributed by atoms with Gasteiger partial charge in [-0.25, -0.2) is 4.79 Å². The minimum Gasteiger partial charge on any atom is -0.508 e. The first-order valence-electron chi connectivity index (χ1n) is 7.39. The Labute approximate surface area is 134 Å². The van der Waals surface area contributed by atoms with Crippen LogP contribution in [-0.2, 0) is 11.2 Å². The molecule has 0 radical (unpaired) electrons. The summed E-state index contributed by atoms with van der Waals surface area (Å²) in [5, 5.41) is 20.1. The first-order valence-corrected chi connectivity index (χ1v) is 7.39. The van der Waals surface area contributed by atoms with Gasteiger partial charge in [-0.05, 0) is 42.3 Å². The van der Waals surface area contributed by atoms with E-state index in [4.69, 9.17) is 9.47 Å². The fourth-order valence-corrected chi connectivity index (χ4v) is 2.86. The Morgan fingerprint density at radius 1 is 1.30 bits per heavy atom. The number of phenolic OH excluding ortho intramolecular Hbond substituents is 1. The molecular formula is C18H18O5. The third-order valence-corrected chi connectivity index (χ3v) is 4.06. The van der Waals surface area contributed by atoms with Crippen LogP contribution in [0.5, 0.6) is 11.5 Å². The minimum absolute atomic E-state index is 0.0970. The van der Waals surface area contributed by atoms with Gasteiger partial charge in [0.15, 0.2) is 0 Å². The monoisotopic (exact) mass is 314 g/mol. The van der Waals surface area contributed by atoms with E-state index in [1.54, 1.807) is 24.3 Å². The molecule has 0 bridgehead atoms. The van der Waals surface area contributed by atoms with Gasteiger partial charge in [-0.3, -0.25) is 0 Å². The Hall–Kier alpha value is -2.53. The molecule has 3 rings (SSSR count). The quantitative estimate of drug-likeness (QED) is 0.851. The number of carbonyl (C=O) groups is 1. The van der Waals surface area contributed by atoms with Crippen molar-refractivity contribution in [2.24, 2.45) is 5.92 Å². The maximum Gasteiger partial charge on any atom is 0.337 e. The van der Waals surface area contributed by atoms with Crippen molar-refractivity contribution in [3.63, 3.8) is 0 Å². The second kappa shape index (κ2) is 6.30. The van der Waals surface area contributed by atoms with Crippen molar-refractivity contribution in [3.05, 3.63) is 59.2 Å². The van der Waals surface area contributed by atoms with Gasteiger partial charge in [0.2, 0.25) is 0 Å². The molecule has 5 heteroatoms. The molecule has 2 aromatic carbocycles. The van der Waals surface area contributed by atoms with Crippen molar-refractivity contribution in [1.82, 2.24) is 0 Å². The highest BCUT2D eigenvalue weighted by Gasteiger charge is 2.30. The Kier molecular flexibility index (Phi) is 4.21. The predicted molar refractivity (Wildman–Crippen MR) is 83.5 cm³/mol. The second-order valence-corrected chi connectivity index (χ2v) is 5.63. The van der Waals surface area contributed by atoms with E-state index in [1.807, 2.05) is 6.07 Å². The standard InChI is InChI=1S/C18H18O5/c1-22-18(21)12-4-2-3-11(7-12)8-13-10-23-16-6-5-14(19)9-15(16)17(13)20/h2-7,9,13,17,19-20H,8,10H2,1H3/t13-,17+/m1/s1. The molecule has 0 unspecified atom stereocenters. The Bertz CT molecular complexity index is 725. The Morgan fingerprint density at radius 2 is 2.13 bits per heavy atom. The molecule has 0 saturated carbocycles. The number of hydrogen-bond acceptors (Lipinski definition) is 5. The minimum atomic E-state index is -0.729. The highest BCUT2D eigenvalue weighted by molar-refractivity contribution is 5.89. The van der Waals surface area contributed by atoms with Crippen molar-refractivity contribution in [1.29, 1.82) is 0 Å². The molecule has 2 atom stereocenters. The topological polar surface area (TPSA) is 76.0 Å². The zero-order valence-corrected chi connectivity index (χ0v) is 12.7. The molecule has 1 aliphatic rings. The van der Waals surface area contributed by atoms with Gasteiger partial charge < -0.3 is 19.7 Å². The average molecular weight is 314 g/mol. The van der Waals surface area contributed by atoms with E-state index < -0.39 is 6.10 Å². The third kappa shape index (κ3) is 3.14. The van der Waals surface area contributed by atoms with Gasteiger partial charge in [0.1, 0.15) is 11.5 Å². The number of phenols is 1. The number of carbonyl (C=O) groups excluding carboxylic acids is 1. The van der Waals surface area contributed by atoms with Gasteiger partial charge in [0, 0.05) is 11.5 Å². The van der Waals surface area contributed by atoms with Crippen LogP contribution in [0.1, 0.15) is 27.6 Å². The molecule has 2 N–H and O–H groups in total. The van der Waals surface area contributed by atoms with Crippen molar-refractivity contribution in [2.45, 2.75) is 12.5 Å². The summed E-state index contributed by atoms with van der Waals surface area (Å²) >= 11 is 0. The summed E-state index contributed by atoms with van der Waals surface area (Å²) < 4.78 is 10.4. The summed E-state index contributed by atoms with van der Waals surface area (Å²) in [6.07, 6.45) is -0.172. The van der Waals surface area contributed by atoms with Crippen molar-refractivity contribution >= 4 is 5.97 Å². The molecule has 0 amide bonds. The van der Waals surface area contributed by atoms with Gasteiger partial charge in [-0.15, -0.1) is 0 Å². The molecule has 0 aromatic heterocycles. The van der Waals surface area contributed by atoms with Crippen LogP contribution in [-0.4, -0.2) is 29.9 Å². The number of aliphatic hydroxyl groups excluding tert-OH is 1. The molecule has 0 aliphatic carbocycles. The summed E-state index contributed by atoms with van der Waals surface area (Å²) in [4.78, 5) is 11.6. The zero-order chi connectivity index (χ0) is 16.4. The van der Waals surface area contributed by atoms with Crippen LogP contribution < -0.4 is 4.74 Å². The lowest BCUT2D eigenvalue weighted by Crippen LogP contribution is -2.27. The first-order chi connectivity index (χ1) is 11.1. The average Bonchev–Trinajstić information content (AvgIpc) is 2.57. The van der Waals surface area contributed by atoms with E-state index in [0.29, 0.717) is 29.9 Å². The number of aliphatic hydroxyl groups is 1. The molecule has 2 aromatic rings. The molecule has 5 nitrogen and oxygen atoms in total. The maximum atomic E-state index is 11.6. The van der Waals surface area contributed by atoms with Crippen LogP contribution >= 0.6 is 0 Å². The first kappa shape index (κ1) is 15.4. The third-order valence-electron chi connectivity index (χ3n) is 4.06. The summed E-state index contributed by atoms with van der Waals surface area (Å²) in [5.41, 5.74) is 1.99. The molecule has 0 fully saturated rings. The summed E-state index contributed by atoms with van der Waals surface area (Å²) in [6, 6.07) is 11.9. The lowest BCUT2D eigenvalue weighted by Gasteiger charge is -2.30. The fourth-order valence-electron chi connectivity index (χ4n) is 2.86.